The molecule has 0 bridgehead atoms. The Morgan fingerprint density at radius 2 is 0.762 bits per heavy atom. The molecule has 0 atom stereocenters. The van der Waals surface area contributed by atoms with Gasteiger partial charge in [0.1, 0.15) is 0 Å². The summed E-state index contributed by atoms with van der Waals surface area (Å²) in [7, 11) is 0. The zero-order chi connectivity index (χ0) is 41.4. The first-order chi connectivity index (χ1) is 31.3. The van der Waals surface area contributed by atoms with Crippen LogP contribution in [0.25, 0.3) is 116 Å². The third-order valence-electron chi connectivity index (χ3n) is 12.6. The molecule has 4 heterocycles. The van der Waals surface area contributed by atoms with Crippen molar-refractivity contribution < 1.29 is 0 Å². The molecule has 0 saturated heterocycles. The zero-order valence-electron chi connectivity index (χ0n) is 34.1. The smallest absolute Gasteiger partial charge is 0.160 e. The van der Waals surface area contributed by atoms with E-state index in [9.17, 15) is 0 Å². The Balaban J connectivity index is 1.19. The van der Waals surface area contributed by atoms with Crippen LogP contribution in [-0.2, 0) is 0 Å². The number of para-hydroxylation sites is 5. The normalized spacial score (nSPS) is 11.8. The van der Waals surface area contributed by atoms with Crippen molar-refractivity contribution >= 4 is 65.4 Å². The molecule has 0 N–H and O–H groups in total. The number of fused-ring (bicyclic) bond motifs is 10. The van der Waals surface area contributed by atoms with Crippen LogP contribution in [0.3, 0.4) is 0 Å². The first kappa shape index (κ1) is 35.2. The molecule has 13 rings (SSSR count). The van der Waals surface area contributed by atoms with Gasteiger partial charge in [-0.3, -0.25) is 0 Å². The molecule has 0 amide bonds. The van der Waals surface area contributed by atoms with E-state index in [1.54, 1.807) is 0 Å². The maximum Gasteiger partial charge on any atom is 0.160 e. The van der Waals surface area contributed by atoms with Crippen LogP contribution in [0.4, 0.5) is 0 Å². The van der Waals surface area contributed by atoms with E-state index in [4.69, 9.17) is 9.97 Å². The largest absolute Gasteiger partial charge is 0.309 e. The molecule has 9 aromatic carbocycles. The fraction of sp³-hybridized carbons (Fsp3) is 0. The summed E-state index contributed by atoms with van der Waals surface area (Å²) in [5.74, 6) is 0.688. The second kappa shape index (κ2) is 14.0. The van der Waals surface area contributed by atoms with Gasteiger partial charge in [0.05, 0.1) is 44.5 Å². The molecular formula is C58H37N5. The van der Waals surface area contributed by atoms with Crippen LogP contribution in [0.1, 0.15) is 0 Å². The molecule has 63 heavy (non-hydrogen) atoms. The molecule has 0 radical (unpaired) electrons. The molecule has 294 valence electrons. The minimum absolute atomic E-state index is 0.688. The van der Waals surface area contributed by atoms with Gasteiger partial charge in [0, 0.05) is 66.1 Å². The lowest BCUT2D eigenvalue weighted by Crippen LogP contribution is -2.00. The monoisotopic (exact) mass is 803 g/mol. The first-order valence-electron chi connectivity index (χ1n) is 21.4. The summed E-state index contributed by atoms with van der Waals surface area (Å²) in [6.07, 6.45) is 0. The van der Waals surface area contributed by atoms with Gasteiger partial charge in [-0.1, -0.05) is 152 Å². The quantitative estimate of drug-likeness (QED) is 0.168. The number of aromatic nitrogens is 5. The van der Waals surface area contributed by atoms with E-state index in [2.05, 4.69) is 226 Å². The van der Waals surface area contributed by atoms with Gasteiger partial charge in [-0.05, 0) is 72.8 Å². The van der Waals surface area contributed by atoms with Gasteiger partial charge in [-0.25, -0.2) is 9.97 Å². The van der Waals surface area contributed by atoms with Crippen LogP contribution in [0.15, 0.2) is 224 Å². The molecule has 0 spiro atoms. The second-order valence-corrected chi connectivity index (χ2v) is 16.2. The van der Waals surface area contributed by atoms with Crippen molar-refractivity contribution in [2.24, 2.45) is 0 Å². The van der Waals surface area contributed by atoms with E-state index in [1.165, 1.54) is 38.0 Å². The highest BCUT2D eigenvalue weighted by atomic mass is 15.0. The lowest BCUT2D eigenvalue weighted by atomic mass is 9.99. The fourth-order valence-corrected chi connectivity index (χ4v) is 9.93. The zero-order valence-corrected chi connectivity index (χ0v) is 34.1. The average molecular weight is 804 g/mol. The van der Waals surface area contributed by atoms with E-state index >= 15 is 0 Å². The van der Waals surface area contributed by atoms with Gasteiger partial charge in [0.15, 0.2) is 5.82 Å². The minimum Gasteiger partial charge on any atom is -0.309 e. The van der Waals surface area contributed by atoms with E-state index in [0.717, 1.165) is 72.6 Å². The van der Waals surface area contributed by atoms with Crippen LogP contribution in [0, 0.1) is 0 Å². The third kappa shape index (κ3) is 5.43. The highest BCUT2D eigenvalue weighted by molar-refractivity contribution is 6.29. The summed E-state index contributed by atoms with van der Waals surface area (Å²) in [5, 5.41) is 7.12. The Hall–Kier alpha value is -8.54. The number of nitrogens with zero attached hydrogens (tertiary/aromatic N) is 5. The van der Waals surface area contributed by atoms with Gasteiger partial charge in [-0.2, -0.15) is 0 Å². The van der Waals surface area contributed by atoms with Gasteiger partial charge in [-0.15, -0.1) is 0 Å². The molecule has 13 aromatic rings. The summed E-state index contributed by atoms with van der Waals surface area (Å²) < 4.78 is 7.31. The first-order valence-corrected chi connectivity index (χ1v) is 21.4. The Labute approximate surface area is 363 Å². The number of rotatable bonds is 6. The molecule has 0 unspecified atom stereocenters. The molecule has 0 aliphatic heterocycles. The van der Waals surface area contributed by atoms with E-state index in [0.29, 0.717) is 5.82 Å². The standard InChI is InChI=1S/C58H37N5/c1-5-19-38(20-6-1)49-37-50(60-58(59-49)39-21-7-2-8-22-39)48-36-47-44-28-14-17-31-52(44)63(56(47)55-45-29-15-18-32-53(45)62(57(48)55)41-25-11-4-12-26-41)42-33-34-54-46(35-42)43-27-13-16-30-51(43)61(54)40-23-9-3-10-24-40/h1-37H. The van der Waals surface area contributed by atoms with Crippen molar-refractivity contribution in [1.29, 1.82) is 0 Å². The van der Waals surface area contributed by atoms with Crippen LogP contribution in [0.5, 0.6) is 0 Å². The number of hydrogen-bond acceptors (Lipinski definition) is 2. The molecule has 0 saturated carbocycles. The van der Waals surface area contributed by atoms with Gasteiger partial charge in [0.2, 0.25) is 0 Å². The Morgan fingerprint density at radius 1 is 0.286 bits per heavy atom. The van der Waals surface area contributed by atoms with Crippen molar-refractivity contribution in [1.82, 2.24) is 23.7 Å². The van der Waals surface area contributed by atoms with Gasteiger partial charge in [0.25, 0.3) is 0 Å². The van der Waals surface area contributed by atoms with Crippen molar-refractivity contribution in [3.63, 3.8) is 0 Å². The molecule has 0 aliphatic rings. The summed E-state index contributed by atoms with van der Waals surface area (Å²) in [6.45, 7) is 0. The second-order valence-electron chi connectivity index (χ2n) is 16.2. The van der Waals surface area contributed by atoms with Gasteiger partial charge >= 0.3 is 0 Å². The summed E-state index contributed by atoms with van der Waals surface area (Å²) in [6, 6.07) is 80.2. The molecular weight excluding hydrogens is 767 g/mol. The SMILES string of the molecule is c1ccc(-c2cc(-c3cc4c5ccccc5n(-c5ccc6c(c5)c5ccccc5n6-c5ccccc5)c4c4c5ccccc5n(-c5ccccc5)c34)nc(-c3ccccc3)n2)cc1. The maximum atomic E-state index is 5.46. The summed E-state index contributed by atoms with van der Waals surface area (Å²) >= 11 is 0. The Bertz CT molecular complexity index is 3820. The lowest BCUT2D eigenvalue weighted by molar-refractivity contribution is 1.16. The summed E-state index contributed by atoms with van der Waals surface area (Å²) in [5.41, 5.74) is 15.0. The van der Waals surface area contributed by atoms with E-state index in [-0.39, 0.29) is 0 Å². The topological polar surface area (TPSA) is 40.6 Å². The van der Waals surface area contributed by atoms with Crippen LogP contribution in [-0.4, -0.2) is 23.7 Å². The molecule has 0 fully saturated rings. The van der Waals surface area contributed by atoms with E-state index < -0.39 is 0 Å². The van der Waals surface area contributed by atoms with Crippen LogP contribution >= 0.6 is 0 Å². The average Bonchev–Trinajstić information content (AvgIpc) is 4.00. The molecule has 0 aliphatic carbocycles. The van der Waals surface area contributed by atoms with Crippen molar-refractivity contribution in [3.05, 3.63) is 224 Å². The van der Waals surface area contributed by atoms with E-state index in [1.807, 2.05) is 12.1 Å². The Kier molecular flexibility index (Phi) is 7.84. The third-order valence-corrected chi connectivity index (χ3v) is 12.6. The predicted molar refractivity (Wildman–Crippen MR) is 261 cm³/mol. The van der Waals surface area contributed by atoms with Crippen molar-refractivity contribution in [2.45, 2.75) is 0 Å². The lowest BCUT2D eigenvalue weighted by Gasteiger charge is -2.15. The predicted octanol–water partition coefficient (Wildman–Crippen LogP) is 14.8. The highest BCUT2D eigenvalue weighted by Crippen LogP contribution is 2.47. The summed E-state index contributed by atoms with van der Waals surface area (Å²) in [4.78, 5) is 10.7. The fourth-order valence-electron chi connectivity index (χ4n) is 9.93. The van der Waals surface area contributed by atoms with Crippen LogP contribution in [0.2, 0.25) is 0 Å². The van der Waals surface area contributed by atoms with Crippen LogP contribution < -0.4 is 0 Å². The maximum absolute atomic E-state index is 5.46. The van der Waals surface area contributed by atoms with Crippen molar-refractivity contribution in [3.8, 4) is 51.0 Å². The van der Waals surface area contributed by atoms with Crippen molar-refractivity contribution in [2.75, 3.05) is 0 Å². The molecule has 5 nitrogen and oxygen atoms in total. The van der Waals surface area contributed by atoms with Gasteiger partial charge < -0.3 is 13.7 Å². The molecule has 5 heteroatoms. The highest BCUT2D eigenvalue weighted by Gasteiger charge is 2.26. The molecule has 4 aromatic heterocycles. The minimum atomic E-state index is 0.688. The number of hydrogen-bond donors (Lipinski definition) is 0. The number of benzene rings is 9. The Morgan fingerprint density at radius 3 is 1.43 bits per heavy atom.